The topological polar surface area (TPSA) is 29.5 Å². The first-order valence-electron chi connectivity index (χ1n) is 6.59. The van der Waals surface area contributed by atoms with Gasteiger partial charge in [-0.3, -0.25) is 0 Å². The molecule has 0 aliphatic carbocycles. The summed E-state index contributed by atoms with van der Waals surface area (Å²) >= 11 is 6.13. The summed E-state index contributed by atoms with van der Waals surface area (Å²) in [6.07, 6.45) is -0.0663. The first kappa shape index (κ1) is 14.9. The molecule has 3 heteroatoms. The Morgan fingerprint density at radius 3 is 2.30 bits per heavy atom. The van der Waals surface area contributed by atoms with Crippen LogP contribution in [-0.4, -0.2) is 12.2 Å². The standard InChI is InChI=1S/C17H19ClO2/c1-11-8-14(9-12(2)17(11)20-3)16(19)10-13-6-4-5-7-15(13)18/h4-9,16,19H,10H2,1-3H3. The zero-order valence-corrected chi connectivity index (χ0v) is 12.7. The molecule has 0 spiro atoms. The summed E-state index contributed by atoms with van der Waals surface area (Å²) in [6.45, 7) is 3.97. The Bertz CT molecular complexity index is 585. The average molecular weight is 291 g/mol. The van der Waals surface area contributed by atoms with Gasteiger partial charge in [0.2, 0.25) is 0 Å². The lowest BCUT2D eigenvalue weighted by molar-refractivity contribution is 0.178. The van der Waals surface area contributed by atoms with Crippen molar-refractivity contribution in [3.63, 3.8) is 0 Å². The molecule has 1 N–H and O–H groups in total. The van der Waals surface area contributed by atoms with Crippen LogP contribution in [0.1, 0.15) is 28.4 Å². The molecule has 2 rings (SSSR count). The molecule has 1 atom stereocenters. The van der Waals surface area contributed by atoms with Crippen LogP contribution in [0.3, 0.4) is 0 Å². The second-order valence-corrected chi connectivity index (χ2v) is 5.41. The van der Waals surface area contributed by atoms with Gasteiger partial charge in [-0.1, -0.05) is 29.8 Å². The Morgan fingerprint density at radius 2 is 1.75 bits per heavy atom. The highest BCUT2D eigenvalue weighted by Crippen LogP contribution is 2.29. The van der Waals surface area contributed by atoms with Gasteiger partial charge in [0, 0.05) is 11.4 Å². The van der Waals surface area contributed by atoms with E-state index in [1.807, 2.05) is 50.2 Å². The number of aryl methyl sites for hydroxylation is 2. The lowest BCUT2D eigenvalue weighted by Gasteiger charge is -2.16. The molecular weight excluding hydrogens is 272 g/mol. The zero-order chi connectivity index (χ0) is 14.7. The number of rotatable bonds is 4. The molecule has 2 aromatic carbocycles. The second kappa shape index (κ2) is 6.29. The van der Waals surface area contributed by atoms with Gasteiger partial charge in [0.25, 0.3) is 0 Å². The molecule has 1 unspecified atom stereocenters. The maximum atomic E-state index is 10.4. The van der Waals surface area contributed by atoms with Gasteiger partial charge in [0.05, 0.1) is 13.2 Å². The Kier molecular flexibility index (Phi) is 4.69. The van der Waals surface area contributed by atoms with Gasteiger partial charge < -0.3 is 9.84 Å². The van der Waals surface area contributed by atoms with Gasteiger partial charge in [-0.25, -0.2) is 0 Å². The predicted octanol–water partition coefficient (Wildman–Crippen LogP) is 4.24. The fourth-order valence-electron chi connectivity index (χ4n) is 2.49. The van der Waals surface area contributed by atoms with Gasteiger partial charge in [-0.15, -0.1) is 0 Å². The highest BCUT2D eigenvalue weighted by atomic mass is 35.5. The molecule has 0 aliphatic rings. The van der Waals surface area contributed by atoms with Crippen molar-refractivity contribution in [2.75, 3.05) is 7.11 Å². The number of methoxy groups -OCH3 is 1. The van der Waals surface area contributed by atoms with E-state index in [0.717, 1.165) is 28.0 Å². The molecule has 0 fully saturated rings. The van der Waals surface area contributed by atoms with Crippen LogP contribution in [-0.2, 0) is 6.42 Å². The Balaban J connectivity index is 2.26. The molecule has 0 amide bonds. The Hall–Kier alpha value is -1.51. The van der Waals surface area contributed by atoms with Crippen LogP contribution in [0.2, 0.25) is 5.02 Å². The van der Waals surface area contributed by atoms with Gasteiger partial charge in [0.1, 0.15) is 5.75 Å². The van der Waals surface area contributed by atoms with Crippen LogP contribution in [0.5, 0.6) is 5.75 Å². The smallest absolute Gasteiger partial charge is 0.124 e. The van der Waals surface area contributed by atoms with Gasteiger partial charge in [-0.2, -0.15) is 0 Å². The largest absolute Gasteiger partial charge is 0.496 e. The molecule has 20 heavy (non-hydrogen) atoms. The Morgan fingerprint density at radius 1 is 1.15 bits per heavy atom. The third-order valence-electron chi connectivity index (χ3n) is 3.44. The van der Waals surface area contributed by atoms with E-state index < -0.39 is 6.10 Å². The van der Waals surface area contributed by atoms with Crippen molar-refractivity contribution in [1.82, 2.24) is 0 Å². The minimum atomic E-state index is -0.571. The van der Waals surface area contributed by atoms with Crippen molar-refractivity contribution in [3.8, 4) is 5.75 Å². The number of aliphatic hydroxyl groups excluding tert-OH is 1. The number of aliphatic hydroxyl groups is 1. The molecule has 0 aromatic heterocycles. The molecule has 2 nitrogen and oxygen atoms in total. The monoisotopic (exact) mass is 290 g/mol. The summed E-state index contributed by atoms with van der Waals surface area (Å²) in [5.41, 5.74) is 3.90. The summed E-state index contributed by atoms with van der Waals surface area (Å²) < 4.78 is 5.35. The van der Waals surface area contributed by atoms with E-state index in [1.54, 1.807) is 7.11 Å². The van der Waals surface area contributed by atoms with Gasteiger partial charge in [0.15, 0.2) is 0 Å². The average Bonchev–Trinajstić information content (AvgIpc) is 2.41. The summed E-state index contributed by atoms with van der Waals surface area (Å²) in [5.74, 6) is 0.874. The van der Waals surface area contributed by atoms with Crippen LogP contribution < -0.4 is 4.74 Å². The lowest BCUT2D eigenvalue weighted by atomic mass is 9.97. The second-order valence-electron chi connectivity index (χ2n) is 5.00. The maximum absolute atomic E-state index is 10.4. The molecular formula is C17H19ClO2. The molecule has 0 bridgehead atoms. The minimum Gasteiger partial charge on any atom is -0.496 e. The van der Waals surface area contributed by atoms with Crippen LogP contribution in [0.4, 0.5) is 0 Å². The number of hydrogen-bond acceptors (Lipinski definition) is 2. The van der Waals surface area contributed by atoms with Gasteiger partial charge in [-0.05, 0) is 54.3 Å². The van der Waals surface area contributed by atoms with E-state index in [2.05, 4.69) is 0 Å². The van der Waals surface area contributed by atoms with Crippen LogP contribution >= 0.6 is 11.6 Å². The molecule has 0 heterocycles. The van der Waals surface area contributed by atoms with E-state index in [4.69, 9.17) is 16.3 Å². The van der Waals surface area contributed by atoms with E-state index in [1.165, 1.54) is 0 Å². The molecule has 0 radical (unpaired) electrons. The van der Waals surface area contributed by atoms with Crippen LogP contribution in [0.15, 0.2) is 36.4 Å². The molecule has 0 aliphatic heterocycles. The molecule has 0 saturated heterocycles. The lowest BCUT2D eigenvalue weighted by Crippen LogP contribution is -2.04. The number of benzene rings is 2. The van der Waals surface area contributed by atoms with Gasteiger partial charge >= 0.3 is 0 Å². The normalized spacial score (nSPS) is 12.2. The summed E-state index contributed by atoms with van der Waals surface area (Å²) in [5, 5.41) is 11.1. The molecule has 2 aromatic rings. The maximum Gasteiger partial charge on any atom is 0.124 e. The highest BCUT2D eigenvalue weighted by Gasteiger charge is 2.14. The van der Waals surface area contributed by atoms with Crippen molar-refractivity contribution in [3.05, 3.63) is 63.7 Å². The molecule has 0 saturated carbocycles. The minimum absolute atomic E-state index is 0.505. The highest BCUT2D eigenvalue weighted by molar-refractivity contribution is 6.31. The quantitative estimate of drug-likeness (QED) is 0.912. The number of ether oxygens (including phenoxy) is 1. The van der Waals surface area contributed by atoms with Crippen molar-refractivity contribution in [1.29, 1.82) is 0 Å². The number of hydrogen-bond donors (Lipinski definition) is 1. The fourth-order valence-corrected chi connectivity index (χ4v) is 2.70. The van der Waals surface area contributed by atoms with Crippen LogP contribution in [0.25, 0.3) is 0 Å². The van der Waals surface area contributed by atoms with E-state index in [0.29, 0.717) is 11.4 Å². The SMILES string of the molecule is COc1c(C)cc(C(O)Cc2ccccc2Cl)cc1C. The molecule has 106 valence electrons. The van der Waals surface area contributed by atoms with Crippen molar-refractivity contribution in [2.24, 2.45) is 0 Å². The van der Waals surface area contributed by atoms with E-state index in [9.17, 15) is 5.11 Å². The fraction of sp³-hybridized carbons (Fsp3) is 0.294. The first-order chi connectivity index (χ1) is 9.52. The summed E-state index contributed by atoms with van der Waals surface area (Å²) in [6, 6.07) is 11.5. The third kappa shape index (κ3) is 3.14. The van der Waals surface area contributed by atoms with Crippen LogP contribution in [0, 0.1) is 13.8 Å². The number of halogens is 1. The first-order valence-corrected chi connectivity index (χ1v) is 6.97. The summed E-state index contributed by atoms with van der Waals surface area (Å²) in [4.78, 5) is 0. The zero-order valence-electron chi connectivity index (χ0n) is 12.0. The van der Waals surface area contributed by atoms with Crippen molar-refractivity contribution < 1.29 is 9.84 Å². The Labute approximate surface area is 125 Å². The third-order valence-corrected chi connectivity index (χ3v) is 3.81. The predicted molar refractivity (Wildman–Crippen MR) is 82.6 cm³/mol. The van der Waals surface area contributed by atoms with E-state index in [-0.39, 0.29) is 0 Å². The van der Waals surface area contributed by atoms with Crippen molar-refractivity contribution in [2.45, 2.75) is 26.4 Å². The van der Waals surface area contributed by atoms with E-state index >= 15 is 0 Å². The van der Waals surface area contributed by atoms with Crippen molar-refractivity contribution >= 4 is 11.6 Å². The summed E-state index contributed by atoms with van der Waals surface area (Å²) in [7, 11) is 1.66.